The van der Waals surface area contributed by atoms with Crippen LogP contribution in [0, 0.1) is 0 Å². The summed E-state index contributed by atoms with van der Waals surface area (Å²) in [4.78, 5) is 38.0. The fourth-order valence-corrected chi connectivity index (χ4v) is 7.89. The maximum Gasteiger partial charge on any atom is 0.306 e. The summed E-state index contributed by atoms with van der Waals surface area (Å²) in [7, 11) is 0. The third-order valence-electron chi connectivity index (χ3n) is 12.2. The van der Waals surface area contributed by atoms with Crippen LogP contribution >= 0.6 is 0 Å². The molecule has 0 heterocycles. The summed E-state index contributed by atoms with van der Waals surface area (Å²) in [5.74, 6) is -0.896. The molecule has 6 heteroatoms. The highest BCUT2D eigenvalue weighted by Crippen LogP contribution is 2.15. The maximum absolute atomic E-state index is 12.8. The minimum Gasteiger partial charge on any atom is -0.462 e. The van der Waals surface area contributed by atoms with Crippen molar-refractivity contribution in [1.29, 1.82) is 0 Å². The molecule has 0 aromatic heterocycles. The third kappa shape index (κ3) is 53.7. The first-order chi connectivity index (χ1) is 33.0. The molecule has 0 aliphatic carbocycles. The lowest BCUT2D eigenvalue weighted by Gasteiger charge is -2.18. The van der Waals surface area contributed by atoms with Gasteiger partial charge in [0.05, 0.1) is 0 Å². The van der Waals surface area contributed by atoms with E-state index in [1.54, 1.807) is 0 Å². The van der Waals surface area contributed by atoms with Crippen LogP contribution in [0.4, 0.5) is 0 Å². The minimum absolute atomic E-state index is 0.0812. The number of rotatable bonds is 51. The molecule has 1 unspecified atom stereocenters. The lowest BCUT2D eigenvalue weighted by atomic mass is 10.0. The molecule has 0 N–H and O–H groups in total. The van der Waals surface area contributed by atoms with E-state index in [-0.39, 0.29) is 31.1 Å². The predicted molar refractivity (Wildman–Crippen MR) is 288 cm³/mol. The van der Waals surface area contributed by atoms with Crippen LogP contribution in [0.15, 0.2) is 72.9 Å². The summed E-state index contributed by atoms with van der Waals surface area (Å²) < 4.78 is 16.8. The number of ether oxygens (including phenoxy) is 3. The lowest BCUT2D eigenvalue weighted by Crippen LogP contribution is -2.30. The second-order valence-electron chi connectivity index (χ2n) is 18.8. The van der Waals surface area contributed by atoms with Crippen molar-refractivity contribution >= 4 is 17.9 Å². The van der Waals surface area contributed by atoms with Gasteiger partial charge in [-0.3, -0.25) is 14.4 Å². The third-order valence-corrected chi connectivity index (χ3v) is 12.2. The summed E-state index contributed by atoms with van der Waals surface area (Å²) in [5.41, 5.74) is 0. The second-order valence-corrected chi connectivity index (χ2v) is 18.8. The first-order valence-corrected chi connectivity index (χ1v) is 28.4. The molecule has 0 amide bonds. The van der Waals surface area contributed by atoms with Gasteiger partial charge in [0.25, 0.3) is 0 Å². The highest BCUT2D eigenvalue weighted by atomic mass is 16.6. The molecule has 386 valence electrons. The molecule has 0 saturated carbocycles. The van der Waals surface area contributed by atoms with Crippen LogP contribution in [0.2, 0.25) is 0 Å². The highest BCUT2D eigenvalue weighted by Gasteiger charge is 2.19. The van der Waals surface area contributed by atoms with Crippen molar-refractivity contribution in [3.05, 3.63) is 72.9 Å². The van der Waals surface area contributed by atoms with E-state index in [1.165, 1.54) is 135 Å². The number of carbonyl (C=O) groups excluding carboxylic acids is 3. The Bertz CT molecular complexity index is 1260. The summed E-state index contributed by atoms with van der Waals surface area (Å²) in [6, 6.07) is 0. The number of allylic oxidation sites excluding steroid dienone is 12. The van der Waals surface area contributed by atoms with E-state index in [0.717, 1.165) is 103 Å². The van der Waals surface area contributed by atoms with E-state index >= 15 is 0 Å². The average molecular weight is 936 g/mol. The molecule has 67 heavy (non-hydrogen) atoms. The topological polar surface area (TPSA) is 78.9 Å². The van der Waals surface area contributed by atoms with E-state index in [1.807, 2.05) is 0 Å². The van der Waals surface area contributed by atoms with Crippen molar-refractivity contribution in [2.24, 2.45) is 0 Å². The molecule has 0 fully saturated rings. The zero-order valence-electron chi connectivity index (χ0n) is 44.2. The van der Waals surface area contributed by atoms with E-state index in [2.05, 4.69) is 93.7 Å². The molecule has 6 nitrogen and oxygen atoms in total. The first-order valence-electron chi connectivity index (χ1n) is 28.4. The molecule has 0 rings (SSSR count). The van der Waals surface area contributed by atoms with Crippen molar-refractivity contribution < 1.29 is 28.6 Å². The summed E-state index contributed by atoms with van der Waals surface area (Å²) in [5, 5.41) is 0. The van der Waals surface area contributed by atoms with Gasteiger partial charge in [-0.1, -0.05) is 222 Å². The normalized spacial score (nSPS) is 12.6. The van der Waals surface area contributed by atoms with Crippen LogP contribution in [0.3, 0.4) is 0 Å². The molecular weight excluding hydrogens is 829 g/mol. The van der Waals surface area contributed by atoms with Gasteiger partial charge in [-0.15, -0.1) is 0 Å². The molecule has 0 bridgehead atoms. The Morgan fingerprint density at radius 3 is 0.925 bits per heavy atom. The number of carbonyl (C=O) groups is 3. The summed E-state index contributed by atoms with van der Waals surface area (Å²) in [6.07, 6.45) is 70.4. The zero-order chi connectivity index (χ0) is 48.6. The lowest BCUT2D eigenvalue weighted by molar-refractivity contribution is -0.167. The Morgan fingerprint density at radius 2 is 0.582 bits per heavy atom. The Labute approximate surface area is 414 Å². The van der Waals surface area contributed by atoms with E-state index in [9.17, 15) is 14.4 Å². The average Bonchev–Trinajstić information content (AvgIpc) is 3.33. The van der Waals surface area contributed by atoms with Gasteiger partial charge < -0.3 is 14.2 Å². The Balaban J connectivity index is 4.24. The second kappa shape index (κ2) is 55.4. The van der Waals surface area contributed by atoms with Crippen molar-refractivity contribution in [3.8, 4) is 0 Å². The van der Waals surface area contributed by atoms with Crippen LogP contribution in [0.5, 0.6) is 0 Å². The standard InChI is InChI=1S/C61H106O6/c1-4-7-10-13-16-19-22-25-26-27-28-29-30-31-32-33-34-35-36-37-40-42-45-48-51-54-60(63)66-57-58(67-61(64)55-52-49-46-43-39-24-21-18-15-12-9-6-3)56-65-59(62)53-50-47-44-41-38-23-20-17-14-11-8-5-2/h7,10,16-21,25-26,28-29,58H,4-6,8-9,11-15,22-24,27,30-57H2,1-3H3/b10-7-,19-16-,20-17-,21-18-,26-25-,29-28-. The van der Waals surface area contributed by atoms with Gasteiger partial charge in [-0.25, -0.2) is 0 Å². The van der Waals surface area contributed by atoms with Crippen LogP contribution in [0.1, 0.15) is 278 Å². The molecule has 0 radical (unpaired) electrons. The van der Waals surface area contributed by atoms with Crippen LogP contribution in [-0.2, 0) is 28.6 Å². The molecule has 0 saturated heterocycles. The van der Waals surface area contributed by atoms with Crippen LogP contribution in [0.25, 0.3) is 0 Å². The minimum atomic E-state index is -0.782. The van der Waals surface area contributed by atoms with Gasteiger partial charge in [-0.05, 0) is 109 Å². The maximum atomic E-state index is 12.8. The van der Waals surface area contributed by atoms with E-state index in [0.29, 0.717) is 19.3 Å². The van der Waals surface area contributed by atoms with Gasteiger partial charge in [-0.2, -0.15) is 0 Å². The zero-order valence-corrected chi connectivity index (χ0v) is 44.2. The Kier molecular flexibility index (Phi) is 52.8. The molecule has 0 aliphatic rings. The molecule has 1 atom stereocenters. The predicted octanol–water partition coefficient (Wildman–Crippen LogP) is 19.0. The monoisotopic (exact) mass is 935 g/mol. The van der Waals surface area contributed by atoms with Gasteiger partial charge >= 0.3 is 17.9 Å². The fourth-order valence-electron chi connectivity index (χ4n) is 7.89. The summed E-state index contributed by atoms with van der Waals surface area (Å²) >= 11 is 0. The van der Waals surface area contributed by atoms with Crippen molar-refractivity contribution in [1.82, 2.24) is 0 Å². The van der Waals surface area contributed by atoms with Gasteiger partial charge in [0, 0.05) is 19.3 Å². The molecule has 0 spiro atoms. The van der Waals surface area contributed by atoms with Crippen molar-refractivity contribution in [3.63, 3.8) is 0 Å². The summed E-state index contributed by atoms with van der Waals surface area (Å²) in [6.45, 7) is 6.47. The fraction of sp³-hybridized carbons (Fsp3) is 0.754. The smallest absolute Gasteiger partial charge is 0.306 e. The van der Waals surface area contributed by atoms with E-state index in [4.69, 9.17) is 14.2 Å². The van der Waals surface area contributed by atoms with Gasteiger partial charge in [0.2, 0.25) is 0 Å². The largest absolute Gasteiger partial charge is 0.462 e. The molecule has 0 aromatic carbocycles. The Hall–Kier alpha value is -3.15. The number of hydrogen-bond acceptors (Lipinski definition) is 6. The number of unbranched alkanes of at least 4 members (excludes halogenated alkanes) is 28. The Morgan fingerprint density at radius 1 is 0.313 bits per heavy atom. The van der Waals surface area contributed by atoms with Gasteiger partial charge in [0.15, 0.2) is 6.10 Å². The molecule has 0 aromatic rings. The van der Waals surface area contributed by atoms with Crippen molar-refractivity contribution in [2.75, 3.05) is 13.2 Å². The first kappa shape index (κ1) is 63.8. The van der Waals surface area contributed by atoms with E-state index < -0.39 is 6.10 Å². The van der Waals surface area contributed by atoms with Crippen LogP contribution in [-0.4, -0.2) is 37.2 Å². The number of esters is 3. The SMILES string of the molecule is CC/C=C\C/C=C\C/C=C\C/C=C\CCCCCCCCCCCCCCC(=O)OCC(COC(=O)CCCCCCC/C=C\CCCCC)OC(=O)CCCCCCC/C=C\CCCCC. The van der Waals surface area contributed by atoms with Crippen molar-refractivity contribution in [2.45, 2.75) is 284 Å². The highest BCUT2D eigenvalue weighted by molar-refractivity contribution is 5.71. The quantitative estimate of drug-likeness (QED) is 0.0262. The number of hydrogen-bond donors (Lipinski definition) is 0. The van der Waals surface area contributed by atoms with Crippen LogP contribution < -0.4 is 0 Å². The van der Waals surface area contributed by atoms with Gasteiger partial charge in [0.1, 0.15) is 13.2 Å². The molecule has 0 aliphatic heterocycles. The molecular formula is C61H106O6.